The lowest BCUT2D eigenvalue weighted by atomic mass is 9.76. The number of amides is 1. The first-order valence-electron chi connectivity index (χ1n) is 8.25. The summed E-state index contributed by atoms with van der Waals surface area (Å²) in [4.78, 5) is 14.8. The number of carbonyl (C=O) groups is 1. The van der Waals surface area contributed by atoms with Gasteiger partial charge in [0.1, 0.15) is 11.6 Å². The van der Waals surface area contributed by atoms with E-state index in [1.54, 1.807) is 7.11 Å². The second-order valence-corrected chi connectivity index (χ2v) is 6.65. The van der Waals surface area contributed by atoms with Crippen LogP contribution in [0.3, 0.4) is 0 Å². The minimum Gasteiger partial charge on any atom is -0.496 e. The van der Waals surface area contributed by atoms with Gasteiger partial charge in [-0.05, 0) is 43.9 Å². The smallest absolute Gasteiger partial charge is 0.257 e. The lowest BCUT2D eigenvalue weighted by Gasteiger charge is -2.43. The molecule has 1 aliphatic carbocycles. The third-order valence-electron chi connectivity index (χ3n) is 5.40. The third-order valence-corrected chi connectivity index (χ3v) is 5.40. The van der Waals surface area contributed by atoms with Crippen LogP contribution in [0.1, 0.15) is 42.5 Å². The van der Waals surface area contributed by atoms with Gasteiger partial charge >= 0.3 is 0 Å². The van der Waals surface area contributed by atoms with E-state index in [0.29, 0.717) is 24.4 Å². The molecule has 2 fully saturated rings. The van der Waals surface area contributed by atoms with Gasteiger partial charge in [-0.2, -0.15) is 0 Å². The molecule has 3 rings (SSSR count). The summed E-state index contributed by atoms with van der Waals surface area (Å²) in [6.45, 7) is 1.39. The molecular formula is C18H24FNO3. The number of halogens is 1. The molecule has 1 heterocycles. The Hall–Kier alpha value is -1.62. The van der Waals surface area contributed by atoms with E-state index < -0.39 is 5.82 Å². The second kappa shape index (κ2) is 6.48. The lowest BCUT2D eigenvalue weighted by Crippen LogP contribution is -2.49. The van der Waals surface area contributed by atoms with E-state index in [-0.39, 0.29) is 17.4 Å². The fraction of sp³-hybridized carbons (Fsp3) is 0.611. The van der Waals surface area contributed by atoms with Crippen molar-refractivity contribution in [1.82, 2.24) is 4.90 Å². The molecule has 0 N–H and O–H groups in total. The highest BCUT2D eigenvalue weighted by Crippen LogP contribution is 2.46. The molecule has 1 aliphatic heterocycles. The molecule has 0 unspecified atom stereocenters. The van der Waals surface area contributed by atoms with Gasteiger partial charge in [-0.15, -0.1) is 0 Å². The Bertz CT molecular complexity index is 592. The van der Waals surface area contributed by atoms with E-state index >= 15 is 0 Å². The number of benzene rings is 1. The number of hydrogen-bond acceptors (Lipinski definition) is 3. The van der Waals surface area contributed by atoms with Gasteiger partial charge in [0.25, 0.3) is 5.91 Å². The largest absolute Gasteiger partial charge is 0.496 e. The molecule has 126 valence electrons. The van der Waals surface area contributed by atoms with E-state index in [0.717, 1.165) is 32.1 Å². The van der Waals surface area contributed by atoms with Gasteiger partial charge < -0.3 is 14.4 Å². The van der Waals surface area contributed by atoms with Gasteiger partial charge in [0, 0.05) is 25.6 Å². The number of hydrogen-bond donors (Lipinski definition) is 0. The van der Waals surface area contributed by atoms with Gasteiger partial charge in [-0.25, -0.2) is 4.39 Å². The second-order valence-electron chi connectivity index (χ2n) is 6.65. The summed E-state index contributed by atoms with van der Waals surface area (Å²) in [7, 11) is 3.26. The molecule has 0 bridgehead atoms. The number of likely N-dealkylation sites (tertiary alicyclic amines) is 1. The monoisotopic (exact) mass is 321 g/mol. The summed E-state index contributed by atoms with van der Waals surface area (Å²) in [5.41, 5.74) is 0.361. The fourth-order valence-corrected chi connectivity index (χ4v) is 4.29. The fourth-order valence-electron chi connectivity index (χ4n) is 4.29. The molecule has 1 spiro atoms. The summed E-state index contributed by atoms with van der Waals surface area (Å²) in [6, 6.07) is 4.09. The predicted molar refractivity (Wildman–Crippen MR) is 85.2 cm³/mol. The highest BCUT2D eigenvalue weighted by molar-refractivity contribution is 5.97. The summed E-state index contributed by atoms with van der Waals surface area (Å²) in [6.07, 6.45) is 5.56. The van der Waals surface area contributed by atoms with Crippen molar-refractivity contribution in [3.63, 3.8) is 0 Å². The first-order valence-corrected chi connectivity index (χ1v) is 8.25. The summed E-state index contributed by atoms with van der Waals surface area (Å²) >= 11 is 0. The van der Waals surface area contributed by atoms with Crippen LogP contribution in [0.2, 0.25) is 0 Å². The molecule has 0 radical (unpaired) electrons. The molecule has 1 aromatic carbocycles. The summed E-state index contributed by atoms with van der Waals surface area (Å²) in [5.74, 6) is -0.149. The van der Waals surface area contributed by atoms with Gasteiger partial charge in [0.15, 0.2) is 0 Å². The SMILES string of the molecule is COc1ccc(F)cc1C(=O)N1CCC[C@]2(CCC[C@H]2OC)C1. The maximum Gasteiger partial charge on any atom is 0.257 e. The zero-order chi connectivity index (χ0) is 16.4. The zero-order valence-corrected chi connectivity index (χ0v) is 13.8. The summed E-state index contributed by atoms with van der Waals surface area (Å²) < 4.78 is 24.5. The Morgan fingerprint density at radius 2 is 2.09 bits per heavy atom. The molecule has 1 aromatic rings. The van der Waals surface area contributed by atoms with E-state index in [4.69, 9.17) is 9.47 Å². The number of methoxy groups -OCH3 is 2. The van der Waals surface area contributed by atoms with Crippen LogP contribution in [0, 0.1) is 11.2 Å². The number of rotatable bonds is 3. The predicted octanol–water partition coefficient (Wildman–Crippen LogP) is 3.26. The molecule has 0 aromatic heterocycles. The Kier molecular flexibility index (Phi) is 4.57. The van der Waals surface area contributed by atoms with E-state index in [1.807, 2.05) is 4.90 Å². The van der Waals surface area contributed by atoms with Crippen molar-refractivity contribution in [1.29, 1.82) is 0 Å². The minimum atomic E-state index is -0.420. The van der Waals surface area contributed by atoms with Crippen LogP contribution in [-0.2, 0) is 4.74 Å². The van der Waals surface area contributed by atoms with Crippen LogP contribution in [0.4, 0.5) is 4.39 Å². The van der Waals surface area contributed by atoms with E-state index in [1.165, 1.54) is 25.3 Å². The minimum absolute atomic E-state index is 0.0588. The van der Waals surface area contributed by atoms with Crippen LogP contribution in [-0.4, -0.2) is 44.2 Å². The Morgan fingerprint density at radius 1 is 1.30 bits per heavy atom. The van der Waals surface area contributed by atoms with Crippen molar-refractivity contribution >= 4 is 5.91 Å². The molecule has 1 amide bonds. The van der Waals surface area contributed by atoms with Crippen LogP contribution >= 0.6 is 0 Å². The Labute approximate surface area is 136 Å². The first-order chi connectivity index (χ1) is 11.1. The maximum absolute atomic E-state index is 13.6. The van der Waals surface area contributed by atoms with Gasteiger partial charge in [-0.3, -0.25) is 4.79 Å². The van der Waals surface area contributed by atoms with Crippen LogP contribution in [0.25, 0.3) is 0 Å². The molecule has 1 saturated carbocycles. The zero-order valence-electron chi connectivity index (χ0n) is 13.8. The van der Waals surface area contributed by atoms with Gasteiger partial charge in [0.2, 0.25) is 0 Å². The van der Waals surface area contributed by atoms with E-state index in [2.05, 4.69) is 0 Å². The van der Waals surface area contributed by atoms with Crippen molar-refractivity contribution < 1.29 is 18.7 Å². The van der Waals surface area contributed by atoms with Crippen LogP contribution in [0.5, 0.6) is 5.75 Å². The van der Waals surface area contributed by atoms with Crippen molar-refractivity contribution in [2.24, 2.45) is 5.41 Å². The summed E-state index contributed by atoms with van der Waals surface area (Å²) in [5, 5.41) is 0. The van der Waals surface area contributed by atoms with Crippen molar-refractivity contribution in [3.05, 3.63) is 29.6 Å². The highest BCUT2D eigenvalue weighted by atomic mass is 19.1. The lowest BCUT2D eigenvalue weighted by molar-refractivity contribution is -0.0296. The molecule has 2 atom stereocenters. The molecule has 2 aliphatic rings. The quantitative estimate of drug-likeness (QED) is 0.858. The van der Waals surface area contributed by atoms with Crippen LogP contribution < -0.4 is 4.74 Å². The van der Waals surface area contributed by atoms with Crippen molar-refractivity contribution in [2.45, 2.75) is 38.2 Å². The Balaban J connectivity index is 1.84. The number of ether oxygens (including phenoxy) is 2. The van der Waals surface area contributed by atoms with E-state index in [9.17, 15) is 9.18 Å². The first kappa shape index (κ1) is 16.2. The van der Waals surface area contributed by atoms with Crippen molar-refractivity contribution in [2.75, 3.05) is 27.3 Å². The van der Waals surface area contributed by atoms with Gasteiger partial charge in [0.05, 0.1) is 18.8 Å². The van der Waals surface area contributed by atoms with Crippen molar-refractivity contribution in [3.8, 4) is 5.75 Å². The third kappa shape index (κ3) is 2.94. The maximum atomic E-state index is 13.6. The number of nitrogens with zero attached hydrogens (tertiary/aromatic N) is 1. The normalized spacial score (nSPS) is 27.4. The Morgan fingerprint density at radius 3 is 2.83 bits per heavy atom. The van der Waals surface area contributed by atoms with Crippen LogP contribution in [0.15, 0.2) is 18.2 Å². The van der Waals surface area contributed by atoms with Gasteiger partial charge in [-0.1, -0.05) is 6.42 Å². The highest BCUT2D eigenvalue weighted by Gasteiger charge is 2.46. The topological polar surface area (TPSA) is 38.8 Å². The number of piperidine rings is 1. The standard InChI is InChI=1S/C18H24FNO3/c1-22-15-7-6-13(19)11-14(15)17(21)20-10-4-9-18(12-20)8-3-5-16(18)23-2/h6-7,11,16H,3-5,8-10,12H2,1-2H3/t16-,18-/m1/s1. The number of carbonyl (C=O) groups excluding carboxylic acids is 1. The molecule has 4 nitrogen and oxygen atoms in total. The average Bonchev–Trinajstić information content (AvgIpc) is 2.95. The molecule has 23 heavy (non-hydrogen) atoms. The average molecular weight is 321 g/mol. The molecule has 5 heteroatoms. The molecule has 1 saturated heterocycles. The molecular weight excluding hydrogens is 297 g/mol.